The van der Waals surface area contributed by atoms with Crippen molar-refractivity contribution in [1.29, 1.82) is 0 Å². The van der Waals surface area contributed by atoms with Crippen molar-refractivity contribution < 1.29 is 9.90 Å². The summed E-state index contributed by atoms with van der Waals surface area (Å²) in [7, 11) is 0. The minimum atomic E-state index is -0.980. The summed E-state index contributed by atoms with van der Waals surface area (Å²) in [6.07, 6.45) is 1.65. The molecule has 0 saturated heterocycles. The number of pyridine rings is 1. The molecule has 1 aromatic heterocycles. The summed E-state index contributed by atoms with van der Waals surface area (Å²) in [4.78, 5) is 22.8. The molecule has 17 heavy (non-hydrogen) atoms. The summed E-state index contributed by atoms with van der Waals surface area (Å²) in [5.41, 5.74) is -0.430. The molecule has 1 aromatic rings. The van der Waals surface area contributed by atoms with Crippen LogP contribution < -0.4 is 5.56 Å². The maximum atomic E-state index is 11.6. The Morgan fingerprint density at radius 1 is 1.41 bits per heavy atom. The smallest absolute Gasteiger partial charge is 0.313 e. The summed E-state index contributed by atoms with van der Waals surface area (Å²) in [6, 6.07) is 3.02. The highest BCUT2D eigenvalue weighted by molar-refractivity contribution is 5.80. The van der Waals surface area contributed by atoms with Crippen molar-refractivity contribution in [3.8, 4) is 0 Å². The van der Waals surface area contributed by atoms with Crippen molar-refractivity contribution >= 4 is 5.97 Å². The lowest BCUT2D eigenvalue weighted by molar-refractivity contribution is -0.142. The number of carbonyl (C=O) groups is 1. The molecule has 1 N–H and O–H groups in total. The summed E-state index contributed by atoms with van der Waals surface area (Å²) >= 11 is 0. The van der Waals surface area contributed by atoms with Crippen LogP contribution >= 0.6 is 0 Å². The van der Waals surface area contributed by atoms with Crippen molar-refractivity contribution in [3.63, 3.8) is 0 Å². The third-order valence-corrected chi connectivity index (χ3v) is 2.80. The molecule has 4 heteroatoms. The van der Waals surface area contributed by atoms with Crippen LogP contribution in [0.3, 0.4) is 0 Å². The van der Waals surface area contributed by atoms with Crippen molar-refractivity contribution in [2.75, 3.05) is 0 Å². The van der Waals surface area contributed by atoms with E-state index >= 15 is 0 Å². The van der Waals surface area contributed by atoms with Gasteiger partial charge in [0.1, 0.15) is 0 Å². The molecular weight excluding hydrogens is 218 g/mol. The van der Waals surface area contributed by atoms with Crippen molar-refractivity contribution in [1.82, 2.24) is 4.57 Å². The molecule has 94 valence electrons. The lowest BCUT2D eigenvalue weighted by Crippen LogP contribution is -2.31. The van der Waals surface area contributed by atoms with Crippen molar-refractivity contribution in [3.05, 3.63) is 34.2 Å². The molecule has 4 nitrogen and oxygen atoms in total. The number of carboxylic acids is 1. The van der Waals surface area contributed by atoms with Gasteiger partial charge in [-0.15, -0.1) is 0 Å². The molecule has 0 amide bonds. The van der Waals surface area contributed by atoms with Crippen LogP contribution in [-0.2, 0) is 16.8 Å². The Morgan fingerprint density at radius 2 is 2.00 bits per heavy atom. The predicted octanol–water partition coefficient (Wildman–Crippen LogP) is 1.87. The van der Waals surface area contributed by atoms with E-state index < -0.39 is 11.4 Å². The zero-order valence-corrected chi connectivity index (χ0v) is 10.7. The van der Waals surface area contributed by atoms with Gasteiger partial charge in [0.2, 0.25) is 0 Å². The van der Waals surface area contributed by atoms with E-state index in [1.807, 2.05) is 13.8 Å². The van der Waals surface area contributed by atoms with Crippen LogP contribution in [0.2, 0.25) is 0 Å². The van der Waals surface area contributed by atoms with Gasteiger partial charge in [0, 0.05) is 18.8 Å². The molecule has 1 rings (SSSR count). The van der Waals surface area contributed by atoms with Crippen LogP contribution in [0.4, 0.5) is 0 Å². The normalized spacial score (nSPS) is 11.8. The molecule has 0 saturated carbocycles. The van der Waals surface area contributed by atoms with Crippen LogP contribution in [-0.4, -0.2) is 15.6 Å². The van der Waals surface area contributed by atoms with Crippen molar-refractivity contribution in [2.24, 2.45) is 5.92 Å². The van der Waals surface area contributed by atoms with Crippen molar-refractivity contribution in [2.45, 2.75) is 39.7 Å². The second-order valence-corrected chi connectivity index (χ2v) is 5.23. The van der Waals surface area contributed by atoms with Gasteiger partial charge in [0.05, 0.1) is 5.41 Å². The molecule has 0 bridgehead atoms. The van der Waals surface area contributed by atoms with Gasteiger partial charge in [0.15, 0.2) is 0 Å². The monoisotopic (exact) mass is 237 g/mol. The Hall–Kier alpha value is -1.58. The molecular formula is C13H19NO3. The van der Waals surface area contributed by atoms with Gasteiger partial charge < -0.3 is 9.67 Å². The zero-order valence-electron chi connectivity index (χ0n) is 10.7. The molecule has 0 aliphatic carbocycles. The standard InChI is InChI=1S/C13H19NO3/c1-9(2)7-14-8-10(5-6-11(14)15)13(3,4)12(16)17/h5-6,8-9H,7H2,1-4H3,(H,16,17). The van der Waals surface area contributed by atoms with E-state index in [0.29, 0.717) is 18.0 Å². The topological polar surface area (TPSA) is 59.3 Å². The molecule has 0 aliphatic rings. The van der Waals surface area contributed by atoms with Gasteiger partial charge in [-0.3, -0.25) is 9.59 Å². The van der Waals surface area contributed by atoms with Crippen LogP contribution in [0.15, 0.2) is 23.1 Å². The van der Waals surface area contributed by atoms with Crippen LogP contribution in [0.1, 0.15) is 33.3 Å². The highest BCUT2D eigenvalue weighted by Crippen LogP contribution is 2.22. The first-order valence-corrected chi connectivity index (χ1v) is 5.69. The summed E-state index contributed by atoms with van der Waals surface area (Å²) < 4.78 is 1.57. The van der Waals surface area contributed by atoms with E-state index in [1.165, 1.54) is 6.07 Å². The number of rotatable bonds is 4. The number of nitrogens with zero attached hydrogens (tertiary/aromatic N) is 1. The lowest BCUT2D eigenvalue weighted by Gasteiger charge is -2.21. The second-order valence-electron chi connectivity index (χ2n) is 5.23. The van der Waals surface area contributed by atoms with E-state index in [0.717, 1.165) is 0 Å². The molecule has 0 atom stereocenters. The highest BCUT2D eigenvalue weighted by atomic mass is 16.4. The van der Waals surface area contributed by atoms with E-state index in [2.05, 4.69) is 0 Å². The molecule has 0 unspecified atom stereocenters. The number of aromatic nitrogens is 1. The molecule has 0 aromatic carbocycles. The average Bonchev–Trinajstić information content (AvgIpc) is 2.20. The van der Waals surface area contributed by atoms with Gasteiger partial charge in [-0.1, -0.05) is 19.9 Å². The minimum Gasteiger partial charge on any atom is -0.481 e. The lowest BCUT2D eigenvalue weighted by atomic mass is 9.86. The molecule has 0 fully saturated rings. The fourth-order valence-corrected chi connectivity index (χ4v) is 1.56. The van der Waals surface area contributed by atoms with E-state index in [9.17, 15) is 9.59 Å². The Balaban J connectivity index is 3.21. The van der Waals surface area contributed by atoms with E-state index in [-0.39, 0.29) is 5.56 Å². The zero-order chi connectivity index (χ0) is 13.2. The summed E-state index contributed by atoms with van der Waals surface area (Å²) in [5, 5.41) is 9.15. The molecule has 0 aliphatic heterocycles. The highest BCUT2D eigenvalue weighted by Gasteiger charge is 2.29. The van der Waals surface area contributed by atoms with Crippen LogP contribution in [0.25, 0.3) is 0 Å². The van der Waals surface area contributed by atoms with Gasteiger partial charge in [-0.25, -0.2) is 0 Å². The van der Waals surface area contributed by atoms with Crippen LogP contribution in [0.5, 0.6) is 0 Å². The number of aliphatic carboxylic acids is 1. The minimum absolute atomic E-state index is 0.0939. The number of carboxylic acid groups (broad SMARTS) is 1. The van der Waals surface area contributed by atoms with Gasteiger partial charge >= 0.3 is 5.97 Å². The second kappa shape index (κ2) is 4.73. The first-order valence-electron chi connectivity index (χ1n) is 5.69. The largest absolute Gasteiger partial charge is 0.481 e. The Kier molecular flexibility index (Phi) is 3.76. The van der Waals surface area contributed by atoms with E-state index in [4.69, 9.17) is 5.11 Å². The molecule has 0 radical (unpaired) electrons. The van der Waals surface area contributed by atoms with Gasteiger partial charge in [-0.05, 0) is 25.3 Å². The Labute approximate surface area is 101 Å². The number of hydrogen-bond donors (Lipinski definition) is 1. The number of hydrogen-bond acceptors (Lipinski definition) is 2. The Bertz CT molecular complexity index is 472. The predicted molar refractivity (Wildman–Crippen MR) is 66.2 cm³/mol. The quantitative estimate of drug-likeness (QED) is 0.869. The first-order chi connectivity index (χ1) is 7.75. The maximum Gasteiger partial charge on any atom is 0.313 e. The van der Waals surface area contributed by atoms with Gasteiger partial charge in [0.25, 0.3) is 5.56 Å². The summed E-state index contributed by atoms with van der Waals surface area (Å²) in [6.45, 7) is 7.90. The fourth-order valence-electron chi connectivity index (χ4n) is 1.56. The van der Waals surface area contributed by atoms with Gasteiger partial charge in [-0.2, -0.15) is 0 Å². The first kappa shape index (κ1) is 13.5. The third-order valence-electron chi connectivity index (χ3n) is 2.80. The third kappa shape index (κ3) is 2.96. The summed E-state index contributed by atoms with van der Waals surface area (Å²) in [5.74, 6) is -0.553. The Morgan fingerprint density at radius 3 is 2.47 bits per heavy atom. The molecule has 1 heterocycles. The maximum absolute atomic E-state index is 11.6. The van der Waals surface area contributed by atoms with Crippen LogP contribution in [0, 0.1) is 5.92 Å². The SMILES string of the molecule is CC(C)Cn1cc(C(C)(C)C(=O)O)ccc1=O. The van der Waals surface area contributed by atoms with E-state index in [1.54, 1.807) is 30.7 Å². The average molecular weight is 237 g/mol. The molecule has 0 spiro atoms. The fraction of sp³-hybridized carbons (Fsp3) is 0.538.